The number of benzene rings is 1. The lowest BCUT2D eigenvalue weighted by molar-refractivity contribution is 0.415. The Morgan fingerprint density at radius 3 is 2.78 bits per heavy atom. The second-order valence-electron chi connectivity index (χ2n) is 4.48. The minimum absolute atomic E-state index is 0.0226. The molecule has 2 aromatic rings. The van der Waals surface area contributed by atoms with Crippen LogP contribution in [0.15, 0.2) is 34.6 Å². The molecular formula is C14H14N2O2. The second-order valence-corrected chi connectivity index (χ2v) is 4.48. The van der Waals surface area contributed by atoms with Crippen LogP contribution in [0.2, 0.25) is 0 Å². The Bertz CT molecular complexity index is 707. The van der Waals surface area contributed by atoms with Gasteiger partial charge in [-0.05, 0) is 30.5 Å². The molecule has 1 heterocycles. The third kappa shape index (κ3) is 1.76. The van der Waals surface area contributed by atoms with Crippen LogP contribution in [0.25, 0.3) is 16.6 Å². The van der Waals surface area contributed by atoms with Gasteiger partial charge in [0.1, 0.15) is 5.75 Å². The van der Waals surface area contributed by atoms with Crippen molar-refractivity contribution in [3.05, 3.63) is 45.8 Å². The molecule has 92 valence electrons. The highest BCUT2D eigenvalue weighted by Crippen LogP contribution is 2.33. The molecule has 1 aromatic carbocycles. The van der Waals surface area contributed by atoms with Crippen LogP contribution in [0.4, 0.5) is 0 Å². The van der Waals surface area contributed by atoms with Crippen molar-refractivity contribution in [3.8, 4) is 5.75 Å². The van der Waals surface area contributed by atoms with Crippen molar-refractivity contribution < 1.29 is 4.74 Å². The standard InChI is InChI=1S/C14H14N2O2/c1-18-9-4-5-10-11(6-9)16-12(7-13(10)17)14(15)8-2-3-8/h4-7H,2-3,15H2,1H3,(H,16,17). The number of hydrogen-bond donors (Lipinski definition) is 2. The summed E-state index contributed by atoms with van der Waals surface area (Å²) in [7, 11) is 1.60. The van der Waals surface area contributed by atoms with Crippen LogP contribution in [0.3, 0.4) is 0 Å². The van der Waals surface area contributed by atoms with Crippen LogP contribution in [0, 0.1) is 0 Å². The van der Waals surface area contributed by atoms with E-state index in [0.717, 1.165) is 18.4 Å². The summed E-state index contributed by atoms with van der Waals surface area (Å²) in [4.78, 5) is 15.2. The van der Waals surface area contributed by atoms with Crippen molar-refractivity contribution in [2.45, 2.75) is 12.8 Å². The lowest BCUT2D eigenvalue weighted by Crippen LogP contribution is -2.08. The molecule has 0 radical (unpaired) electrons. The molecule has 3 rings (SSSR count). The largest absolute Gasteiger partial charge is 0.497 e. The third-order valence-electron chi connectivity index (χ3n) is 3.21. The van der Waals surface area contributed by atoms with E-state index in [1.807, 2.05) is 6.07 Å². The molecule has 0 unspecified atom stereocenters. The first-order valence-corrected chi connectivity index (χ1v) is 5.88. The van der Waals surface area contributed by atoms with E-state index in [2.05, 4.69) is 4.98 Å². The average Bonchev–Trinajstić information content (AvgIpc) is 3.21. The molecule has 18 heavy (non-hydrogen) atoms. The molecule has 1 fully saturated rings. The highest BCUT2D eigenvalue weighted by atomic mass is 16.5. The van der Waals surface area contributed by atoms with Gasteiger partial charge >= 0.3 is 0 Å². The summed E-state index contributed by atoms with van der Waals surface area (Å²) >= 11 is 0. The molecule has 4 heteroatoms. The fourth-order valence-corrected chi connectivity index (χ4v) is 2.03. The van der Waals surface area contributed by atoms with E-state index in [9.17, 15) is 4.79 Å². The molecule has 1 saturated carbocycles. The van der Waals surface area contributed by atoms with Gasteiger partial charge in [0.15, 0.2) is 5.43 Å². The number of fused-ring (bicyclic) bond motifs is 1. The molecule has 1 aliphatic carbocycles. The van der Waals surface area contributed by atoms with E-state index in [1.165, 1.54) is 5.57 Å². The number of hydrogen-bond acceptors (Lipinski definition) is 3. The molecule has 0 spiro atoms. The van der Waals surface area contributed by atoms with Gasteiger partial charge < -0.3 is 15.5 Å². The molecule has 1 aromatic heterocycles. The zero-order valence-corrected chi connectivity index (χ0v) is 10.1. The van der Waals surface area contributed by atoms with Gasteiger partial charge in [-0.3, -0.25) is 4.79 Å². The summed E-state index contributed by atoms with van der Waals surface area (Å²) in [5, 5.41) is 0.646. The van der Waals surface area contributed by atoms with Crippen molar-refractivity contribution in [2.75, 3.05) is 7.11 Å². The third-order valence-corrected chi connectivity index (χ3v) is 3.21. The Balaban J connectivity index is 2.24. The fourth-order valence-electron chi connectivity index (χ4n) is 2.03. The fraction of sp³-hybridized carbons (Fsp3) is 0.214. The van der Waals surface area contributed by atoms with E-state index < -0.39 is 0 Å². The van der Waals surface area contributed by atoms with E-state index in [1.54, 1.807) is 25.3 Å². The summed E-state index contributed by atoms with van der Waals surface area (Å²) in [6.45, 7) is 0. The molecule has 0 amide bonds. The number of nitrogens with one attached hydrogen (secondary N) is 1. The van der Waals surface area contributed by atoms with Crippen molar-refractivity contribution in [3.63, 3.8) is 0 Å². The van der Waals surface area contributed by atoms with Gasteiger partial charge in [0.05, 0.1) is 24.0 Å². The number of H-pyrrole nitrogens is 1. The Kier molecular flexibility index (Phi) is 2.37. The topological polar surface area (TPSA) is 68.1 Å². The van der Waals surface area contributed by atoms with Gasteiger partial charge in [-0.15, -0.1) is 0 Å². The van der Waals surface area contributed by atoms with Crippen molar-refractivity contribution >= 4 is 16.6 Å². The van der Waals surface area contributed by atoms with Crippen molar-refractivity contribution in [2.24, 2.45) is 5.73 Å². The summed E-state index contributed by atoms with van der Waals surface area (Å²) in [5.74, 6) is 0.716. The van der Waals surface area contributed by atoms with E-state index >= 15 is 0 Å². The summed E-state index contributed by atoms with van der Waals surface area (Å²) < 4.78 is 5.16. The van der Waals surface area contributed by atoms with Crippen LogP contribution in [0.5, 0.6) is 5.75 Å². The van der Waals surface area contributed by atoms with Gasteiger partial charge in [-0.1, -0.05) is 0 Å². The molecule has 1 aliphatic rings. The Morgan fingerprint density at radius 2 is 2.11 bits per heavy atom. The van der Waals surface area contributed by atoms with Crippen molar-refractivity contribution in [1.82, 2.24) is 4.98 Å². The van der Waals surface area contributed by atoms with E-state index in [4.69, 9.17) is 10.5 Å². The maximum absolute atomic E-state index is 12.0. The number of rotatable bonds is 2. The number of nitrogens with two attached hydrogens (primary N) is 1. The smallest absolute Gasteiger partial charge is 0.190 e. The number of allylic oxidation sites excluding steroid dienone is 1. The predicted molar refractivity (Wildman–Crippen MR) is 71.5 cm³/mol. The maximum atomic E-state index is 12.0. The van der Waals surface area contributed by atoms with Crippen LogP contribution in [-0.2, 0) is 0 Å². The van der Waals surface area contributed by atoms with Gasteiger partial charge in [-0.25, -0.2) is 0 Å². The zero-order chi connectivity index (χ0) is 12.7. The predicted octanol–water partition coefficient (Wildman–Crippen LogP) is 2.00. The molecule has 4 nitrogen and oxygen atoms in total. The van der Waals surface area contributed by atoms with Crippen LogP contribution in [0.1, 0.15) is 18.5 Å². The highest BCUT2D eigenvalue weighted by Gasteiger charge is 2.17. The van der Waals surface area contributed by atoms with Crippen LogP contribution in [-0.4, -0.2) is 12.1 Å². The molecule has 0 saturated heterocycles. The first-order chi connectivity index (χ1) is 8.69. The first kappa shape index (κ1) is 10.9. The van der Waals surface area contributed by atoms with Crippen molar-refractivity contribution in [1.29, 1.82) is 0 Å². The Morgan fingerprint density at radius 1 is 1.33 bits per heavy atom. The van der Waals surface area contributed by atoms with Crippen LogP contribution >= 0.6 is 0 Å². The summed E-state index contributed by atoms with van der Waals surface area (Å²) in [5.41, 5.74) is 9.36. The number of aromatic amines is 1. The quantitative estimate of drug-likeness (QED) is 0.846. The number of pyridine rings is 1. The minimum Gasteiger partial charge on any atom is -0.497 e. The zero-order valence-electron chi connectivity index (χ0n) is 10.1. The average molecular weight is 242 g/mol. The first-order valence-electron chi connectivity index (χ1n) is 5.88. The van der Waals surface area contributed by atoms with Gasteiger partial charge in [-0.2, -0.15) is 0 Å². The number of methoxy groups -OCH3 is 1. The minimum atomic E-state index is -0.0226. The molecule has 0 bridgehead atoms. The summed E-state index contributed by atoms with van der Waals surface area (Å²) in [6, 6.07) is 6.91. The van der Waals surface area contributed by atoms with E-state index in [-0.39, 0.29) is 5.43 Å². The lowest BCUT2D eigenvalue weighted by Gasteiger charge is -2.06. The van der Waals surface area contributed by atoms with Gasteiger partial charge in [0.2, 0.25) is 0 Å². The molecule has 0 aliphatic heterocycles. The Labute approximate surface area is 104 Å². The van der Waals surface area contributed by atoms with Gasteiger partial charge in [0.25, 0.3) is 0 Å². The molecule has 0 atom stereocenters. The van der Waals surface area contributed by atoms with Gasteiger partial charge in [0, 0.05) is 17.5 Å². The summed E-state index contributed by atoms with van der Waals surface area (Å²) in [6.07, 6.45) is 2.06. The second kappa shape index (κ2) is 3.91. The normalized spacial score (nSPS) is 13.7. The Hall–Kier alpha value is -2.23. The maximum Gasteiger partial charge on any atom is 0.190 e. The van der Waals surface area contributed by atoms with Crippen LogP contribution < -0.4 is 15.9 Å². The monoisotopic (exact) mass is 242 g/mol. The molecule has 3 N–H and O–H groups in total. The number of aromatic nitrogens is 1. The highest BCUT2D eigenvalue weighted by molar-refractivity contribution is 5.82. The number of ether oxygens (including phenoxy) is 1. The SMILES string of the molecule is COc1ccc2c(=O)cc(C(N)=C3CC3)[nH]c2c1. The lowest BCUT2D eigenvalue weighted by atomic mass is 10.1. The molecular weight excluding hydrogens is 228 g/mol. The van der Waals surface area contributed by atoms with E-state index in [0.29, 0.717) is 22.5 Å².